The lowest BCUT2D eigenvalue weighted by atomic mass is 10.0. The summed E-state index contributed by atoms with van der Waals surface area (Å²) in [6.07, 6.45) is 53.5. The molecule has 0 aromatic rings. The van der Waals surface area contributed by atoms with Crippen LogP contribution in [-0.4, -0.2) is 41.0 Å². The highest BCUT2D eigenvalue weighted by Crippen LogP contribution is 2.36. The predicted octanol–water partition coefficient (Wildman–Crippen LogP) is 15.5. The van der Waals surface area contributed by atoms with Crippen molar-refractivity contribution in [1.29, 1.82) is 0 Å². The first-order valence-electron chi connectivity index (χ1n) is 24.6. The van der Waals surface area contributed by atoms with Crippen LogP contribution in [0, 0.1) is 0 Å². The van der Waals surface area contributed by atoms with Crippen molar-refractivity contribution in [2.45, 2.75) is 264 Å². The lowest BCUT2D eigenvalue weighted by Crippen LogP contribution is -2.29. The zero-order valence-electron chi connectivity index (χ0n) is 38.0. The summed E-state index contributed by atoms with van der Waals surface area (Å²) in [5, 5.41) is 0. The minimum atomic E-state index is -4.76. The molecule has 342 valence electrons. The van der Waals surface area contributed by atoms with Crippen LogP contribution in [0.25, 0.3) is 0 Å². The Hall–Kier alpha value is -1.47. The molecule has 0 radical (unpaired) electrons. The van der Waals surface area contributed by atoms with Crippen molar-refractivity contribution >= 4 is 19.8 Å². The number of esters is 2. The van der Waals surface area contributed by atoms with Gasteiger partial charge in [0.05, 0.1) is 6.61 Å². The second-order valence-corrected chi connectivity index (χ2v) is 18.0. The van der Waals surface area contributed by atoms with Crippen molar-refractivity contribution in [3.8, 4) is 0 Å². The first-order valence-corrected chi connectivity index (χ1v) is 26.2. The number of carbonyl (C=O) groups excluding carboxylic acids is 2. The second kappa shape index (κ2) is 45.1. The quantitative estimate of drug-likeness (QED) is 0.0269. The van der Waals surface area contributed by atoms with Crippen molar-refractivity contribution in [3.05, 3.63) is 24.3 Å². The molecule has 0 heterocycles. The molecule has 0 amide bonds. The molecular weight excluding hydrogens is 748 g/mol. The average Bonchev–Trinajstić information content (AvgIpc) is 3.20. The van der Waals surface area contributed by atoms with Gasteiger partial charge < -0.3 is 19.3 Å². The van der Waals surface area contributed by atoms with Gasteiger partial charge in [-0.3, -0.25) is 14.1 Å². The highest BCUT2D eigenvalue weighted by Gasteiger charge is 2.22. The molecule has 0 aliphatic carbocycles. The van der Waals surface area contributed by atoms with E-state index in [1.807, 2.05) is 0 Å². The molecule has 0 saturated carbocycles. The number of allylic oxidation sites excluding steroid dienone is 4. The maximum absolute atomic E-state index is 12.4. The number of unbranched alkanes of at least 4 members (excludes halogenated alkanes) is 32. The third-order valence-corrected chi connectivity index (χ3v) is 11.4. The van der Waals surface area contributed by atoms with Gasteiger partial charge in [0.2, 0.25) is 0 Å². The van der Waals surface area contributed by atoms with Gasteiger partial charge in [-0.05, 0) is 44.9 Å². The van der Waals surface area contributed by atoms with Crippen molar-refractivity contribution in [1.82, 2.24) is 0 Å². The van der Waals surface area contributed by atoms with Crippen LogP contribution < -0.4 is 0 Å². The maximum Gasteiger partial charge on any atom is 0.469 e. The van der Waals surface area contributed by atoms with Crippen LogP contribution in [0.5, 0.6) is 0 Å². The monoisotopic (exact) mass is 841 g/mol. The van der Waals surface area contributed by atoms with Crippen molar-refractivity contribution in [2.75, 3.05) is 13.2 Å². The summed E-state index contributed by atoms with van der Waals surface area (Å²) in [5.41, 5.74) is 0. The van der Waals surface area contributed by atoms with E-state index in [1.165, 1.54) is 173 Å². The fourth-order valence-electron chi connectivity index (χ4n) is 7.28. The molecule has 8 nitrogen and oxygen atoms in total. The zero-order valence-corrected chi connectivity index (χ0v) is 38.9. The Balaban J connectivity index is 3.85. The van der Waals surface area contributed by atoms with E-state index in [2.05, 4.69) is 42.7 Å². The van der Waals surface area contributed by atoms with Crippen molar-refractivity contribution < 1.29 is 37.9 Å². The molecule has 0 rings (SSSR count). The van der Waals surface area contributed by atoms with Gasteiger partial charge in [0.15, 0.2) is 6.10 Å². The highest BCUT2D eigenvalue weighted by atomic mass is 31.2. The minimum absolute atomic E-state index is 0.209. The van der Waals surface area contributed by atoms with E-state index in [0.29, 0.717) is 12.8 Å². The number of phosphoric ester groups is 1. The highest BCUT2D eigenvalue weighted by molar-refractivity contribution is 7.46. The van der Waals surface area contributed by atoms with Crippen LogP contribution >= 0.6 is 7.82 Å². The van der Waals surface area contributed by atoms with Crippen LogP contribution in [0.15, 0.2) is 24.3 Å². The zero-order chi connectivity index (χ0) is 42.5. The molecule has 58 heavy (non-hydrogen) atoms. The fourth-order valence-corrected chi connectivity index (χ4v) is 7.64. The largest absolute Gasteiger partial charge is 0.469 e. The van der Waals surface area contributed by atoms with Gasteiger partial charge in [0, 0.05) is 12.8 Å². The first kappa shape index (κ1) is 56.5. The van der Waals surface area contributed by atoms with Crippen LogP contribution in [0.4, 0.5) is 0 Å². The van der Waals surface area contributed by atoms with E-state index < -0.39 is 32.5 Å². The Labute approximate surface area is 358 Å². The van der Waals surface area contributed by atoms with E-state index in [-0.39, 0.29) is 19.4 Å². The van der Waals surface area contributed by atoms with Crippen LogP contribution in [0.2, 0.25) is 0 Å². The molecule has 0 aliphatic rings. The molecule has 2 N–H and O–H groups in total. The summed E-state index contributed by atoms with van der Waals surface area (Å²) in [6.45, 7) is 3.70. The van der Waals surface area contributed by atoms with E-state index >= 15 is 0 Å². The van der Waals surface area contributed by atoms with Crippen LogP contribution in [-0.2, 0) is 28.2 Å². The summed E-state index contributed by atoms with van der Waals surface area (Å²) in [5.74, 6) is -0.920. The predicted molar refractivity (Wildman–Crippen MR) is 244 cm³/mol. The number of carbonyl (C=O) groups is 2. The lowest BCUT2D eigenvalue weighted by molar-refractivity contribution is -0.161. The lowest BCUT2D eigenvalue weighted by Gasteiger charge is -2.18. The third kappa shape index (κ3) is 47.2. The van der Waals surface area contributed by atoms with Gasteiger partial charge >= 0.3 is 19.8 Å². The topological polar surface area (TPSA) is 119 Å². The van der Waals surface area contributed by atoms with Gasteiger partial charge in [0.1, 0.15) is 6.61 Å². The normalized spacial score (nSPS) is 12.6. The number of hydrogen-bond donors (Lipinski definition) is 2. The molecule has 0 spiro atoms. The van der Waals surface area contributed by atoms with Gasteiger partial charge in [-0.15, -0.1) is 0 Å². The summed E-state index contributed by atoms with van der Waals surface area (Å²) >= 11 is 0. The third-order valence-electron chi connectivity index (χ3n) is 11.0. The molecular formula is C49H93O8P. The summed E-state index contributed by atoms with van der Waals surface area (Å²) in [6, 6.07) is 0. The molecule has 0 unspecified atom stereocenters. The number of rotatable bonds is 46. The first-order chi connectivity index (χ1) is 28.3. The molecule has 0 saturated heterocycles. The standard InChI is InChI=1S/C49H93O8P/c1-3-5-7-9-11-13-15-17-19-21-22-23-24-25-26-28-29-31-33-35-37-39-41-43-48(50)55-45-47(46-56-58(52,53)54)57-49(51)44-42-40-38-36-34-32-30-27-20-18-16-14-12-10-8-6-4-2/h28-29,35,37,47H,3-27,30-34,36,38-46H2,1-2H3,(H2,52,53,54)/b29-28+,37-35+/t47-/m1/s1. The van der Waals surface area contributed by atoms with E-state index in [0.717, 1.165) is 44.9 Å². The molecule has 0 aromatic heterocycles. The average molecular weight is 841 g/mol. The smallest absolute Gasteiger partial charge is 0.462 e. The Bertz CT molecular complexity index is 993. The number of phosphoric acid groups is 1. The Morgan fingerprint density at radius 2 is 0.759 bits per heavy atom. The Kier molecular flexibility index (Phi) is 43.9. The Morgan fingerprint density at radius 1 is 0.431 bits per heavy atom. The fraction of sp³-hybridized carbons (Fsp3) is 0.878. The molecule has 9 heteroatoms. The maximum atomic E-state index is 12.4. The van der Waals surface area contributed by atoms with Crippen molar-refractivity contribution in [2.24, 2.45) is 0 Å². The number of ether oxygens (including phenoxy) is 2. The molecule has 1 atom stereocenters. The molecule has 0 aliphatic heterocycles. The van der Waals surface area contributed by atoms with Gasteiger partial charge in [-0.1, -0.05) is 224 Å². The van der Waals surface area contributed by atoms with E-state index in [1.54, 1.807) is 0 Å². The second-order valence-electron chi connectivity index (χ2n) is 16.8. The van der Waals surface area contributed by atoms with E-state index in [4.69, 9.17) is 19.3 Å². The van der Waals surface area contributed by atoms with Crippen LogP contribution in [0.1, 0.15) is 258 Å². The molecule has 0 bridgehead atoms. The van der Waals surface area contributed by atoms with Gasteiger partial charge in [-0.25, -0.2) is 4.57 Å². The number of hydrogen-bond acceptors (Lipinski definition) is 6. The van der Waals surface area contributed by atoms with E-state index in [9.17, 15) is 14.2 Å². The van der Waals surface area contributed by atoms with Gasteiger partial charge in [-0.2, -0.15) is 0 Å². The summed E-state index contributed by atoms with van der Waals surface area (Å²) in [7, 11) is -4.76. The molecule has 0 fully saturated rings. The van der Waals surface area contributed by atoms with Gasteiger partial charge in [0.25, 0.3) is 0 Å². The minimum Gasteiger partial charge on any atom is -0.462 e. The summed E-state index contributed by atoms with van der Waals surface area (Å²) < 4.78 is 26.5. The Morgan fingerprint density at radius 3 is 1.16 bits per heavy atom. The summed E-state index contributed by atoms with van der Waals surface area (Å²) in [4.78, 5) is 43.0. The van der Waals surface area contributed by atoms with Crippen molar-refractivity contribution in [3.63, 3.8) is 0 Å². The molecule has 0 aromatic carbocycles. The van der Waals surface area contributed by atoms with Crippen LogP contribution in [0.3, 0.4) is 0 Å². The SMILES string of the molecule is CCCCCCCCCCCCCCCC/C=C/CC/C=C/CCCC(=O)OC[C@H](COP(=O)(O)O)OC(=O)CCCCCCCCCCCCCCCCCCC.